The number of fused-ring (bicyclic) bond motifs is 1. The van der Waals surface area contributed by atoms with Crippen molar-refractivity contribution in [2.24, 2.45) is 0 Å². The van der Waals surface area contributed by atoms with Gasteiger partial charge in [0.2, 0.25) is 0 Å². The normalized spacial score (nSPS) is 14.2. The van der Waals surface area contributed by atoms with Gasteiger partial charge in [-0.3, -0.25) is 4.79 Å². The summed E-state index contributed by atoms with van der Waals surface area (Å²) in [4.78, 5) is 15.2. The van der Waals surface area contributed by atoms with Crippen molar-refractivity contribution in [2.75, 3.05) is 18.1 Å². The maximum absolute atomic E-state index is 13.6. The lowest BCUT2D eigenvalue weighted by atomic mass is 10.1. The summed E-state index contributed by atoms with van der Waals surface area (Å²) in [5.41, 5.74) is 1.88. The molecule has 0 saturated carbocycles. The second kappa shape index (κ2) is 10.9. The summed E-state index contributed by atoms with van der Waals surface area (Å²) in [5, 5.41) is 0.688. The van der Waals surface area contributed by atoms with E-state index >= 15 is 0 Å². The van der Waals surface area contributed by atoms with Crippen LogP contribution in [-0.2, 0) is 6.54 Å². The average molecular weight is 520 g/mol. The molecule has 5 rings (SSSR count). The Hall–Kier alpha value is -3.67. The zero-order valence-corrected chi connectivity index (χ0v) is 20.8. The molecular weight excluding hydrogens is 497 g/mol. The van der Waals surface area contributed by atoms with Gasteiger partial charge in [0.05, 0.1) is 22.3 Å². The summed E-state index contributed by atoms with van der Waals surface area (Å²) >= 11 is 12.8. The first kappa shape index (κ1) is 24.0. The van der Waals surface area contributed by atoms with E-state index in [2.05, 4.69) is 0 Å². The molecular formula is C29H23Cl2NO4. The van der Waals surface area contributed by atoms with Gasteiger partial charge in [-0.2, -0.15) is 0 Å². The number of benzene rings is 4. The minimum absolute atomic E-state index is 0.199. The third kappa shape index (κ3) is 5.27. The fraction of sp³-hybridized carbons (Fsp3) is 0.138. The number of para-hydroxylation sites is 3. The average Bonchev–Trinajstić information content (AvgIpc) is 2.93. The largest absolute Gasteiger partial charge is 0.489 e. The molecule has 4 aromatic carbocycles. The number of nitrogens with zero attached hydrogens (tertiary/aromatic N) is 1. The number of carbonyl (C=O) groups excluding carboxylic acids is 1. The van der Waals surface area contributed by atoms with E-state index < -0.39 is 0 Å². The number of halogens is 2. The van der Waals surface area contributed by atoms with Crippen molar-refractivity contribution in [1.82, 2.24) is 0 Å². The van der Waals surface area contributed by atoms with Gasteiger partial charge in [0, 0.05) is 11.1 Å². The molecule has 1 amide bonds. The van der Waals surface area contributed by atoms with E-state index in [9.17, 15) is 4.79 Å². The first-order valence-corrected chi connectivity index (χ1v) is 12.3. The summed E-state index contributed by atoms with van der Waals surface area (Å²) in [6, 6.07) is 29.5. The zero-order valence-electron chi connectivity index (χ0n) is 19.3. The summed E-state index contributed by atoms with van der Waals surface area (Å²) in [5.74, 6) is 1.86. The Bertz CT molecular complexity index is 1360. The molecule has 1 unspecified atom stereocenters. The van der Waals surface area contributed by atoms with Crippen molar-refractivity contribution in [3.63, 3.8) is 0 Å². The Kier molecular flexibility index (Phi) is 7.31. The van der Waals surface area contributed by atoms with E-state index in [1.165, 1.54) is 0 Å². The number of ether oxygens (including phenoxy) is 3. The number of rotatable bonds is 7. The predicted octanol–water partition coefficient (Wildman–Crippen LogP) is 7.06. The first-order valence-electron chi connectivity index (χ1n) is 11.5. The van der Waals surface area contributed by atoms with Gasteiger partial charge in [0.1, 0.15) is 19.0 Å². The molecule has 0 bridgehead atoms. The highest BCUT2D eigenvalue weighted by Crippen LogP contribution is 2.35. The van der Waals surface area contributed by atoms with Crippen LogP contribution in [0.25, 0.3) is 0 Å². The molecule has 0 radical (unpaired) electrons. The molecule has 182 valence electrons. The monoisotopic (exact) mass is 519 g/mol. The number of hydrogen-bond donors (Lipinski definition) is 0. The first-order chi connectivity index (χ1) is 17.6. The van der Waals surface area contributed by atoms with Crippen LogP contribution in [0.1, 0.15) is 15.9 Å². The molecule has 0 saturated heterocycles. The van der Waals surface area contributed by atoms with E-state index in [0.717, 1.165) is 11.3 Å². The van der Waals surface area contributed by atoms with Crippen LogP contribution in [-0.4, -0.2) is 25.2 Å². The van der Waals surface area contributed by atoms with Crippen LogP contribution >= 0.6 is 23.2 Å². The van der Waals surface area contributed by atoms with Gasteiger partial charge in [-0.15, -0.1) is 0 Å². The van der Waals surface area contributed by atoms with Gasteiger partial charge in [0.15, 0.2) is 17.6 Å². The van der Waals surface area contributed by atoms with E-state index in [4.69, 9.17) is 37.4 Å². The van der Waals surface area contributed by atoms with Crippen LogP contribution in [0, 0.1) is 0 Å². The van der Waals surface area contributed by atoms with Crippen LogP contribution in [0.4, 0.5) is 5.69 Å². The van der Waals surface area contributed by atoms with Crippen molar-refractivity contribution in [3.05, 3.63) is 118 Å². The van der Waals surface area contributed by atoms with E-state index in [1.54, 1.807) is 35.2 Å². The van der Waals surface area contributed by atoms with Gasteiger partial charge >= 0.3 is 0 Å². The number of hydrogen-bond acceptors (Lipinski definition) is 4. The van der Waals surface area contributed by atoms with E-state index in [1.807, 2.05) is 66.7 Å². The van der Waals surface area contributed by atoms with Crippen molar-refractivity contribution in [2.45, 2.75) is 12.6 Å². The Labute approximate surface area is 219 Å². The third-order valence-corrected chi connectivity index (χ3v) is 6.59. The molecule has 1 heterocycles. The lowest BCUT2D eigenvalue weighted by Gasteiger charge is -2.28. The fourth-order valence-electron chi connectivity index (χ4n) is 3.98. The van der Waals surface area contributed by atoms with Crippen molar-refractivity contribution in [1.29, 1.82) is 0 Å². The summed E-state index contributed by atoms with van der Waals surface area (Å²) in [6.07, 6.45) is -0.266. The van der Waals surface area contributed by atoms with Gasteiger partial charge in [-0.25, -0.2) is 0 Å². The molecule has 1 aliphatic rings. The minimum Gasteiger partial charge on any atom is -0.489 e. The topological polar surface area (TPSA) is 48.0 Å². The maximum atomic E-state index is 13.6. The number of carbonyl (C=O) groups is 1. The van der Waals surface area contributed by atoms with Crippen molar-refractivity contribution < 1.29 is 19.0 Å². The SMILES string of the molecule is O=C(c1ccccc1)N(Cc1ccccc1OCC1COc2ccccc2O1)c1cccc(Cl)c1Cl. The highest BCUT2D eigenvalue weighted by Gasteiger charge is 2.24. The third-order valence-electron chi connectivity index (χ3n) is 5.78. The Morgan fingerprint density at radius 2 is 1.58 bits per heavy atom. The van der Waals surface area contributed by atoms with Crippen LogP contribution in [0.15, 0.2) is 97.1 Å². The Morgan fingerprint density at radius 1 is 0.861 bits per heavy atom. The molecule has 5 nitrogen and oxygen atoms in total. The van der Waals surface area contributed by atoms with Crippen LogP contribution < -0.4 is 19.1 Å². The summed E-state index contributed by atoms with van der Waals surface area (Å²) in [7, 11) is 0. The lowest BCUT2D eigenvalue weighted by molar-refractivity contribution is 0.0532. The predicted molar refractivity (Wildman–Crippen MR) is 142 cm³/mol. The minimum atomic E-state index is -0.266. The molecule has 0 aliphatic carbocycles. The van der Waals surface area contributed by atoms with Crippen LogP contribution in [0.3, 0.4) is 0 Å². The molecule has 4 aromatic rings. The van der Waals surface area contributed by atoms with Crippen molar-refractivity contribution >= 4 is 34.8 Å². The molecule has 0 spiro atoms. The molecule has 1 atom stereocenters. The molecule has 1 aliphatic heterocycles. The number of anilines is 1. The number of amides is 1. The standard InChI is InChI=1S/C29H23Cl2NO4/c30-23-12-8-13-24(28(23)31)32(29(33)20-9-2-1-3-10-20)17-21-11-4-5-14-25(21)34-18-22-19-35-26-15-6-7-16-27(26)36-22/h1-16,22H,17-19H2. The van der Waals surface area contributed by atoms with E-state index in [0.29, 0.717) is 39.4 Å². The second-order valence-corrected chi connectivity index (χ2v) is 9.03. The molecule has 0 aromatic heterocycles. The van der Waals surface area contributed by atoms with Gasteiger partial charge in [-0.1, -0.05) is 77.8 Å². The van der Waals surface area contributed by atoms with E-state index in [-0.39, 0.29) is 25.2 Å². The smallest absolute Gasteiger partial charge is 0.258 e. The van der Waals surface area contributed by atoms with Crippen molar-refractivity contribution in [3.8, 4) is 17.2 Å². The molecule has 0 N–H and O–H groups in total. The maximum Gasteiger partial charge on any atom is 0.258 e. The highest BCUT2D eigenvalue weighted by atomic mass is 35.5. The fourth-order valence-corrected chi connectivity index (χ4v) is 4.37. The molecule has 0 fully saturated rings. The highest BCUT2D eigenvalue weighted by molar-refractivity contribution is 6.44. The van der Waals surface area contributed by atoms with Gasteiger partial charge < -0.3 is 19.1 Å². The quantitative estimate of drug-likeness (QED) is 0.262. The molecule has 7 heteroatoms. The summed E-state index contributed by atoms with van der Waals surface area (Å²) in [6.45, 7) is 0.903. The Morgan fingerprint density at radius 3 is 2.42 bits per heavy atom. The van der Waals surface area contributed by atoms with Crippen LogP contribution in [0.2, 0.25) is 10.0 Å². The lowest BCUT2D eigenvalue weighted by Crippen LogP contribution is -2.35. The van der Waals surface area contributed by atoms with Crippen LogP contribution in [0.5, 0.6) is 17.2 Å². The van der Waals surface area contributed by atoms with Gasteiger partial charge in [0.25, 0.3) is 5.91 Å². The Balaban J connectivity index is 1.39. The summed E-state index contributed by atoms with van der Waals surface area (Å²) < 4.78 is 18.0. The zero-order chi connectivity index (χ0) is 24.9. The second-order valence-electron chi connectivity index (χ2n) is 8.25. The van der Waals surface area contributed by atoms with Gasteiger partial charge in [-0.05, 0) is 42.5 Å². The molecule has 36 heavy (non-hydrogen) atoms.